The summed E-state index contributed by atoms with van der Waals surface area (Å²) >= 11 is 7.65. The number of hydrogen-bond donors (Lipinski definition) is 0. The highest BCUT2D eigenvalue weighted by molar-refractivity contribution is 7.91. The number of para-hydroxylation sites is 1. The number of aromatic nitrogens is 1. The van der Waals surface area contributed by atoms with Gasteiger partial charge in [-0.25, -0.2) is 13.4 Å². The molecule has 0 radical (unpaired) electrons. The van der Waals surface area contributed by atoms with Gasteiger partial charge in [0.2, 0.25) is 5.91 Å². The van der Waals surface area contributed by atoms with Crippen LogP contribution in [-0.2, 0) is 14.6 Å². The van der Waals surface area contributed by atoms with E-state index in [-0.39, 0.29) is 29.4 Å². The molecule has 3 rings (SSSR count). The van der Waals surface area contributed by atoms with Crippen LogP contribution in [-0.4, -0.2) is 64.3 Å². The van der Waals surface area contributed by atoms with Crippen molar-refractivity contribution in [2.24, 2.45) is 0 Å². The van der Waals surface area contributed by atoms with Crippen LogP contribution in [0.5, 0.6) is 5.75 Å². The zero-order valence-electron chi connectivity index (χ0n) is 18.2. The van der Waals surface area contributed by atoms with Crippen LogP contribution in [0.15, 0.2) is 47.4 Å². The molecule has 10 heteroatoms. The van der Waals surface area contributed by atoms with Gasteiger partial charge in [-0.3, -0.25) is 9.69 Å². The predicted molar refractivity (Wildman–Crippen MR) is 130 cm³/mol. The van der Waals surface area contributed by atoms with E-state index in [0.29, 0.717) is 34.5 Å². The molecule has 0 saturated carbocycles. The second kappa shape index (κ2) is 10.6. The van der Waals surface area contributed by atoms with Crippen molar-refractivity contribution in [1.29, 1.82) is 0 Å². The number of anilines is 1. The first-order valence-corrected chi connectivity index (χ1v) is 12.9. The van der Waals surface area contributed by atoms with E-state index < -0.39 is 9.84 Å². The average Bonchev–Trinajstić information content (AvgIpc) is 3.19. The van der Waals surface area contributed by atoms with Crippen molar-refractivity contribution in [3.05, 3.63) is 47.5 Å². The average molecular weight is 496 g/mol. The van der Waals surface area contributed by atoms with Gasteiger partial charge in [-0.15, -0.1) is 0 Å². The van der Waals surface area contributed by atoms with E-state index >= 15 is 0 Å². The van der Waals surface area contributed by atoms with Crippen LogP contribution < -0.4 is 9.64 Å². The van der Waals surface area contributed by atoms with Crippen LogP contribution in [0.1, 0.15) is 12.8 Å². The van der Waals surface area contributed by atoms with Crippen molar-refractivity contribution in [2.75, 3.05) is 44.9 Å². The van der Waals surface area contributed by atoms with Gasteiger partial charge in [0.15, 0.2) is 15.0 Å². The van der Waals surface area contributed by atoms with E-state index in [2.05, 4.69) is 4.98 Å². The fraction of sp³-hybridized carbons (Fsp3) is 0.364. The number of thiazole rings is 1. The number of ether oxygens (including phenoxy) is 1. The molecule has 2 aromatic carbocycles. The molecule has 3 aromatic rings. The first-order valence-electron chi connectivity index (χ1n) is 10.1. The van der Waals surface area contributed by atoms with Gasteiger partial charge < -0.3 is 9.64 Å². The minimum Gasteiger partial charge on any atom is -0.497 e. The van der Waals surface area contributed by atoms with Gasteiger partial charge in [0.25, 0.3) is 0 Å². The van der Waals surface area contributed by atoms with Gasteiger partial charge >= 0.3 is 0 Å². The standard InChI is InChI=1S/C22H26ClN3O4S2/c1-25(2)13-14-26(22-24-21-18(23)6-4-7-19(21)31-22)20(27)8-5-15-32(28,29)17-11-9-16(30-3)10-12-17/h4,6-7,9-12H,5,8,13-15H2,1-3H3. The molecule has 0 atom stereocenters. The highest BCUT2D eigenvalue weighted by Crippen LogP contribution is 2.33. The lowest BCUT2D eigenvalue weighted by molar-refractivity contribution is -0.118. The van der Waals surface area contributed by atoms with Crippen molar-refractivity contribution in [3.63, 3.8) is 0 Å². The Bertz CT molecular complexity index is 1180. The maximum Gasteiger partial charge on any atom is 0.228 e. The lowest BCUT2D eigenvalue weighted by Gasteiger charge is -2.22. The van der Waals surface area contributed by atoms with Gasteiger partial charge in [0, 0.05) is 19.5 Å². The summed E-state index contributed by atoms with van der Waals surface area (Å²) in [5, 5.41) is 1.11. The zero-order valence-corrected chi connectivity index (χ0v) is 20.6. The second-order valence-corrected chi connectivity index (χ2v) is 11.1. The molecule has 0 fully saturated rings. The fourth-order valence-corrected chi connectivity index (χ4v) is 5.71. The fourth-order valence-electron chi connectivity index (χ4n) is 3.09. The van der Waals surface area contributed by atoms with Gasteiger partial charge in [0.1, 0.15) is 11.3 Å². The molecule has 0 saturated heterocycles. The maximum absolute atomic E-state index is 13.1. The zero-order chi connectivity index (χ0) is 23.3. The number of methoxy groups -OCH3 is 1. The summed E-state index contributed by atoms with van der Waals surface area (Å²) in [6, 6.07) is 11.8. The SMILES string of the molecule is COc1ccc(S(=O)(=O)CCCC(=O)N(CCN(C)C)c2nc3c(Cl)cccc3s2)cc1. The maximum atomic E-state index is 13.1. The minimum absolute atomic E-state index is 0.104. The number of amides is 1. The summed E-state index contributed by atoms with van der Waals surface area (Å²) in [4.78, 5) is 21.5. The molecule has 0 N–H and O–H groups in total. The molecular weight excluding hydrogens is 470 g/mol. The minimum atomic E-state index is -3.49. The largest absolute Gasteiger partial charge is 0.497 e. The Labute approximate surface area is 197 Å². The molecular formula is C22H26ClN3O4S2. The van der Waals surface area contributed by atoms with Gasteiger partial charge in [-0.1, -0.05) is 29.0 Å². The number of hydrogen-bond acceptors (Lipinski definition) is 7. The van der Waals surface area contributed by atoms with Crippen LogP contribution in [0.25, 0.3) is 10.2 Å². The molecule has 172 valence electrons. The Kier molecular flexibility index (Phi) is 8.10. The number of halogens is 1. The third-order valence-corrected chi connectivity index (χ3v) is 8.05. The van der Waals surface area contributed by atoms with Crippen molar-refractivity contribution < 1.29 is 17.9 Å². The third-order valence-electron chi connectivity index (χ3n) is 4.88. The summed E-state index contributed by atoms with van der Waals surface area (Å²) < 4.78 is 31.2. The Balaban J connectivity index is 1.71. The van der Waals surface area contributed by atoms with Gasteiger partial charge in [-0.2, -0.15) is 0 Å². The summed E-state index contributed by atoms with van der Waals surface area (Å²) in [5.41, 5.74) is 0.666. The summed E-state index contributed by atoms with van der Waals surface area (Å²) in [5.74, 6) is 0.316. The van der Waals surface area contributed by atoms with Crippen molar-refractivity contribution >= 4 is 54.0 Å². The lowest BCUT2D eigenvalue weighted by Crippen LogP contribution is -2.36. The third kappa shape index (κ3) is 5.98. The van der Waals surface area contributed by atoms with Crippen LogP contribution in [0.3, 0.4) is 0 Å². The van der Waals surface area contributed by atoms with Gasteiger partial charge in [-0.05, 0) is 56.9 Å². The first-order chi connectivity index (χ1) is 15.2. The number of likely N-dealkylation sites (N-methyl/N-ethyl adjacent to an activating group) is 1. The number of nitrogens with zero attached hydrogens (tertiary/aromatic N) is 3. The topological polar surface area (TPSA) is 79.8 Å². The molecule has 0 aliphatic carbocycles. The highest BCUT2D eigenvalue weighted by atomic mass is 35.5. The lowest BCUT2D eigenvalue weighted by atomic mass is 10.3. The number of carbonyl (C=O) groups excluding carboxylic acids is 1. The highest BCUT2D eigenvalue weighted by Gasteiger charge is 2.22. The number of fused-ring (bicyclic) bond motifs is 1. The van der Waals surface area contributed by atoms with Crippen molar-refractivity contribution in [1.82, 2.24) is 9.88 Å². The Hall–Kier alpha value is -2.20. The van der Waals surface area contributed by atoms with E-state index in [9.17, 15) is 13.2 Å². The van der Waals surface area contributed by atoms with Crippen molar-refractivity contribution in [3.8, 4) is 5.75 Å². The molecule has 0 unspecified atom stereocenters. The number of sulfone groups is 1. The Morgan fingerprint density at radius 2 is 1.84 bits per heavy atom. The normalized spacial score (nSPS) is 11.8. The summed E-state index contributed by atoms with van der Waals surface area (Å²) in [6.07, 6.45) is 0.323. The molecule has 7 nitrogen and oxygen atoms in total. The molecule has 1 heterocycles. The van der Waals surface area contributed by atoms with Crippen LogP contribution >= 0.6 is 22.9 Å². The molecule has 0 aliphatic heterocycles. The van der Waals surface area contributed by atoms with Crippen LogP contribution in [0.4, 0.5) is 5.13 Å². The first kappa shape index (κ1) is 24.4. The van der Waals surface area contributed by atoms with Crippen LogP contribution in [0.2, 0.25) is 5.02 Å². The van der Waals surface area contributed by atoms with Gasteiger partial charge in [0.05, 0.1) is 27.5 Å². The predicted octanol–water partition coefficient (Wildman–Crippen LogP) is 4.11. The molecule has 32 heavy (non-hydrogen) atoms. The van der Waals surface area contributed by atoms with E-state index in [1.54, 1.807) is 23.1 Å². The van der Waals surface area contributed by atoms with Crippen molar-refractivity contribution in [2.45, 2.75) is 17.7 Å². The van der Waals surface area contributed by atoms with E-state index in [1.807, 2.05) is 31.1 Å². The number of rotatable bonds is 10. The molecule has 0 spiro atoms. The number of carbonyl (C=O) groups is 1. The summed E-state index contributed by atoms with van der Waals surface area (Å²) in [7, 11) is 1.90. The Morgan fingerprint density at radius 3 is 2.47 bits per heavy atom. The Morgan fingerprint density at radius 1 is 1.12 bits per heavy atom. The quantitative estimate of drug-likeness (QED) is 0.421. The molecule has 0 aliphatic rings. The number of benzene rings is 2. The monoisotopic (exact) mass is 495 g/mol. The molecule has 0 bridgehead atoms. The molecule has 1 aromatic heterocycles. The van der Waals surface area contributed by atoms with E-state index in [1.165, 1.54) is 30.6 Å². The molecule has 1 amide bonds. The van der Waals surface area contributed by atoms with E-state index in [0.717, 1.165) is 4.70 Å². The smallest absolute Gasteiger partial charge is 0.228 e. The summed E-state index contributed by atoms with van der Waals surface area (Å²) in [6.45, 7) is 1.11. The van der Waals surface area contributed by atoms with E-state index in [4.69, 9.17) is 16.3 Å². The second-order valence-electron chi connectivity index (χ2n) is 7.53. The van der Waals surface area contributed by atoms with Crippen LogP contribution in [0, 0.1) is 0 Å².